The lowest BCUT2D eigenvalue weighted by Gasteiger charge is -2.03. The van der Waals surface area contributed by atoms with E-state index >= 15 is 0 Å². The first-order valence-corrected chi connectivity index (χ1v) is 5.92. The predicted molar refractivity (Wildman–Crippen MR) is 57.9 cm³/mol. The van der Waals surface area contributed by atoms with Crippen molar-refractivity contribution >= 4 is 17.4 Å². The molecule has 0 radical (unpaired) electrons. The molecular weight excluding hydrogens is 212 g/mol. The molecule has 0 atom stereocenters. The second kappa shape index (κ2) is 5.18. The van der Waals surface area contributed by atoms with Gasteiger partial charge in [0.1, 0.15) is 4.88 Å². The third-order valence-electron chi connectivity index (χ3n) is 2.23. The molecule has 0 saturated heterocycles. The molecule has 2 N–H and O–H groups in total. The molecule has 1 aromatic rings. The minimum Gasteiger partial charge on any atom is -0.351 e. The summed E-state index contributed by atoms with van der Waals surface area (Å²) in [5.74, 6) is -0.0728. The van der Waals surface area contributed by atoms with Crippen LogP contribution in [0, 0.1) is 0 Å². The summed E-state index contributed by atoms with van der Waals surface area (Å²) in [4.78, 5) is 12.0. The maximum absolute atomic E-state index is 11.4. The van der Waals surface area contributed by atoms with Crippen LogP contribution in [0.25, 0.3) is 0 Å². The molecule has 15 heavy (non-hydrogen) atoms. The van der Waals surface area contributed by atoms with Crippen LogP contribution in [0.15, 0.2) is 6.20 Å². The molecule has 0 unspecified atom stereocenters. The summed E-state index contributed by atoms with van der Waals surface area (Å²) in [6.07, 6.45) is 5.06. The van der Waals surface area contributed by atoms with Gasteiger partial charge in [0.2, 0.25) is 0 Å². The molecule has 1 amide bonds. The second-order valence-electron chi connectivity index (χ2n) is 3.62. The van der Waals surface area contributed by atoms with E-state index in [1.54, 1.807) is 0 Å². The van der Waals surface area contributed by atoms with E-state index in [2.05, 4.69) is 20.2 Å². The Morgan fingerprint density at radius 2 is 2.40 bits per heavy atom. The first-order chi connectivity index (χ1) is 7.36. The lowest BCUT2D eigenvalue weighted by atomic mass is 10.4. The van der Waals surface area contributed by atoms with Crippen molar-refractivity contribution in [3.8, 4) is 0 Å². The van der Waals surface area contributed by atoms with Gasteiger partial charge in [-0.05, 0) is 37.3 Å². The van der Waals surface area contributed by atoms with Crippen LogP contribution >= 0.6 is 11.5 Å². The van der Waals surface area contributed by atoms with E-state index in [1.165, 1.54) is 19.0 Å². The van der Waals surface area contributed by atoms with Crippen molar-refractivity contribution < 1.29 is 4.79 Å². The highest BCUT2D eigenvalue weighted by atomic mass is 32.1. The molecule has 1 aliphatic rings. The standard InChI is InChI=1S/C9H14N4OS/c14-9(8-6-12-13-15-8)11-5-1-4-10-7-2-3-7/h6-7,10H,1-5H2,(H,11,14). The highest BCUT2D eigenvalue weighted by Crippen LogP contribution is 2.18. The molecule has 0 aromatic carbocycles. The van der Waals surface area contributed by atoms with Gasteiger partial charge in [-0.3, -0.25) is 4.79 Å². The minimum absolute atomic E-state index is 0.0728. The SMILES string of the molecule is O=C(NCCCNC1CC1)c1cnns1. The summed E-state index contributed by atoms with van der Waals surface area (Å²) in [6.45, 7) is 1.68. The second-order valence-corrected chi connectivity index (χ2v) is 4.41. The Morgan fingerprint density at radius 3 is 3.07 bits per heavy atom. The molecule has 1 heterocycles. The third kappa shape index (κ3) is 3.56. The number of aromatic nitrogens is 2. The van der Waals surface area contributed by atoms with Crippen LogP contribution in [-0.4, -0.2) is 34.6 Å². The summed E-state index contributed by atoms with van der Waals surface area (Å²) in [7, 11) is 0. The lowest BCUT2D eigenvalue weighted by molar-refractivity contribution is 0.0957. The van der Waals surface area contributed by atoms with Gasteiger partial charge in [-0.15, -0.1) is 5.10 Å². The minimum atomic E-state index is -0.0728. The maximum atomic E-state index is 11.4. The van der Waals surface area contributed by atoms with E-state index in [4.69, 9.17) is 0 Å². The predicted octanol–water partition coefficient (Wildman–Crippen LogP) is 0.410. The van der Waals surface area contributed by atoms with Crippen molar-refractivity contribution in [2.75, 3.05) is 13.1 Å². The van der Waals surface area contributed by atoms with Gasteiger partial charge >= 0.3 is 0 Å². The Kier molecular flexibility index (Phi) is 3.63. The molecular formula is C9H14N4OS. The number of carbonyl (C=O) groups is 1. The molecule has 6 heteroatoms. The van der Waals surface area contributed by atoms with Gasteiger partial charge in [-0.25, -0.2) is 0 Å². The van der Waals surface area contributed by atoms with E-state index in [9.17, 15) is 4.79 Å². The Bertz CT molecular complexity index is 310. The molecule has 82 valence electrons. The average Bonchev–Trinajstić information content (AvgIpc) is 2.90. The fourth-order valence-electron chi connectivity index (χ4n) is 1.24. The quantitative estimate of drug-likeness (QED) is 0.689. The molecule has 2 rings (SSSR count). The van der Waals surface area contributed by atoms with Crippen molar-refractivity contribution in [2.24, 2.45) is 0 Å². The van der Waals surface area contributed by atoms with Crippen LogP contribution in [0.3, 0.4) is 0 Å². The van der Waals surface area contributed by atoms with Crippen molar-refractivity contribution in [3.05, 3.63) is 11.1 Å². The average molecular weight is 226 g/mol. The first kappa shape index (κ1) is 10.5. The fourth-order valence-corrected chi connectivity index (χ4v) is 1.67. The van der Waals surface area contributed by atoms with Gasteiger partial charge in [0.25, 0.3) is 5.91 Å². The van der Waals surface area contributed by atoms with Crippen molar-refractivity contribution in [3.63, 3.8) is 0 Å². The summed E-state index contributed by atoms with van der Waals surface area (Å²) >= 11 is 1.12. The number of hydrogen-bond acceptors (Lipinski definition) is 5. The van der Waals surface area contributed by atoms with Crippen LogP contribution in [0.4, 0.5) is 0 Å². The lowest BCUT2D eigenvalue weighted by Crippen LogP contribution is -2.27. The summed E-state index contributed by atoms with van der Waals surface area (Å²) in [5, 5.41) is 9.84. The summed E-state index contributed by atoms with van der Waals surface area (Å²) in [6, 6.07) is 0.742. The Morgan fingerprint density at radius 1 is 1.53 bits per heavy atom. The van der Waals surface area contributed by atoms with E-state index < -0.39 is 0 Å². The molecule has 0 bridgehead atoms. The van der Waals surface area contributed by atoms with E-state index in [1.807, 2.05) is 0 Å². The highest BCUT2D eigenvalue weighted by molar-refractivity contribution is 7.07. The topological polar surface area (TPSA) is 66.9 Å². The molecule has 1 fully saturated rings. The normalized spacial score (nSPS) is 15.2. The van der Waals surface area contributed by atoms with Crippen LogP contribution in [-0.2, 0) is 0 Å². The van der Waals surface area contributed by atoms with Crippen molar-refractivity contribution in [1.82, 2.24) is 20.2 Å². The third-order valence-corrected chi connectivity index (χ3v) is 2.90. The van der Waals surface area contributed by atoms with Crippen molar-refractivity contribution in [2.45, 2.75) is 25.3 Å². The molecule has 0 aliphatic heterocycles. The van der Waals surface area contributed by atoms with E-state index in [0.717, 1.165) is 30.5 Å². The van der Waals surface area contributed by atoms with Crippen LogP contribution in [0.5, 0.6) is 0 Å². The van der Waals surface area contributed by atoms with Crippen LogP contribution < -0.4 is 10.6 Å². The van der Waals surface area contributed by atoms with Gasteiger partial charge in [0.15, 0.2) is 0 Å². The summed E-state index contributed by atoms with van der Waals surface area (Å²) in [5.41, 5.74) is 0. The van der Waals surface area contributed by atoms with Gasteiger partial charge in [0.05, 0.1) is 6.20 Å². The van der Waals surface area contributed by atoms with Gasteiger partial charge in [-0.2, -0.15) is 0 Å². The molecule has 1 saturated carbocycles. The number of amides is 1. The van der Waals surface area contributed by atoms with Gasteiger partial charge in [-0.1, -0.05) is 4.49 Å². The largest absolute Gasteiger partial charge is 0.351 e. The fraction of sp³-hybridized carbons (Fsp3) is 0.667. The number of nitrogens with one attached hydrogen (secondary N) is 2. The summed E-state index contributed by atoms with van der Waals surface area (Å²) < 4.78 is 3.64. The van der Waals surface area contributed by atoms with E-state index in [-0.39, 0.29) is 5.91 Å². The molecule has 5 nitrogen and oxygen atoms in total. The number of carbonyl (C=O) groups excluding carboxylic acids is 1. The van der Waals surface area contributed by atoms with Gasteiger partial charge in [0, 0.05) is 12.6 Å². The monoisotopic (exact) mass is 226 g/mol. The molecule has 1 aliphatic carbocycles. The van der Waals surface area contributed by atoms with Crippen LogP contribution in [0.1, 0.15) is 28.9 Å². The Balaban J connectivity index is 1.55. The Hall–Kier alpha value is -1.01. The van der Waals surface area contributed by atoms with E-state index in [0.29, 0.717) is 11.4 Å². The highest BCUT2D eigenvalue weighted by Gasteiger charge is 2.19. The molecule has 1 aromatic heterocycles. The zero-order valence-electron chi connectivity index (χ0n) is 8.40. The first-order valence-electron chi connectivity index (χ1n) is 5.15. The zero-order valence-corrected chi connectivity index (χ0v) is 9.22. The molecule has 0 spiro atoms. The number of nitrogens with zero attached hydrogens (tertiary/aromatic N) is 2. The zero-order chi connectivity index (χ0) is 10.5. The van der Waals surface area contributed by atoms with Gasteiger partial charge < -0.3 is 10.6 Å². The number of rotatable bonds is 6. The van der Waals surface area contributed by atoms with Crippen molar-refractivity contribution in [1.29, 1.82) is 0 Å². The Labute approximate surface area is 92.4 Å². The number of hydrogen-bond donors (Lipinski definition) is 2. The maximum Gasteiger partial charge on any atom is 0.264 e. The van der Waals surface area contributed by atoms with Crippen LogP contribution in [0.2, 0.25) is 0 Å². The smallest absolute Gasteiger partial charge is 0.264 e.